The van der Waals surface area contributed by atoms with Crippen LogP contribution in [0.25, 0.3) is 0 Å². The first-order valence-corrected chi connectivity index (χ1v) is 6.82. The Morgan fingerprint density at radius 1 is 1.56 bits per heavy atom. The Hall–Kier alpha value is -1.14. The lowest BCUT2D eigenvalue weighted by molar-refractivity contribution is 0.0508. The van der Waals surface area contributed by atoms with Crippen LogP contribution in [0.5, 0.6) is 0 Å². The van der Waals surface area contributed by atoms with Crippen molar-refractivity contribution < 1.29 is 9.53 Å². The molecule has 1 amide bonds. The molecule has 0 aliphatic rings. The molecule has 0 aliphatic heterocycles. The number of alkyl carbamates (subject to hydrolysis) is 1. The summed E-state index contributed by atoms with van der Waals surface area (Å²) in [6.45, 7) is 8.93. The summed E-state index contributed by atoms with van der Waals surface area (Å²) < 4.78 is 5.17. The van der Waals surface area contributed by atoms with E-state index in [1.807, 2.05) is 33.9 Å². The molecule has 0 aliphatic carbocycles. The van der Waals surface area contributed by atoms with E-state index in [2.05, 4.69) is 15.6 Å². The Balaban J connectivity index is 2.17. The van der Waals surface area contributed by atoms with Gasteiger partial charge in [-0.15, -0.1) is 11.3 Å². The molecule has 0 aromatic carbocycles. The van der Waals surface area contributed by atoms with E-state index in [9.17, 15) is 4.79 Å². The maximum absolute atomic E-state index is 11.5. The number of rotatable bonds is 5. The second kappa shape index (κ2) is 6.70. The van der Waals surface area contributed by atoms with Gasteiger partial charge >= 0.3 is 6.09 Å². The van der Waals surface area contributed by atoms with Crippen LogP contribution in [0.3, 0.4) is 0 Å². The molecule has 6 heteroatoms. The maximum Gasteiger partial charge on any atom is 0.407 e. The molecule has 1 rings (SSSR count). The van der Waals surface area contributed by atoms with Crippen molar-refractivity contribution >= 4 is 17.4 Å². The molecule has 1 unspecified atom stereocenters. The third kappa shape index (κ3) is 6.56. The quantitative estimate of drug-likeness (QED) is 0.861. The van der Waals surface area contributed by atoms with E-state index in [1.165, 1.54) is 4.88 Å². The Morgan fingerprint density at radius 3 is 2.83 bits per heavy atom. The van der Waals surface area contributed by atoms with Crippen molar-refractivity contribution in [3.63, 3.8) is 0 Å². The van der Waals surface area contributed by atoms with Crippen LogP contribution in [0.4, 0.5) is 4.79 Å². The summed E-state index contributed by atoms with van der Waals surface area (Å²) in [6, 6.07) is 0.0211. The predicted octanol–water partition coefficient (Wildman–Crippen LogP) is 2.15. The third-order valence-corrected chi connectivity index (χ3v) is 2.78. The minimum Gasteiger partial charge on any atom is -0.444 e. The fourth-order valence-electron chi connectivity index (χ4n) is 1.30. The molecule has 1 aromatic heterocycles. The van der Waals surface area contributed by atoms with Gasteiger partial charge in [0, 0.05) is 30.2 Å². The Labute approximate surface area is 112 Å². The molecule has 0 saturated carbocycles. The van der Waals surface area contributed by atoms with Crippen molar-refractivity contribution in [3.05, 3.63) is 16.6 Å². The number of hydrogen-bond donors (Lipinski definition) is 2. The average molecular weight is 271 g/mol. The lowest BCUT2D eigenvalue weighted by atomic mass is 10.2. The number of hydrogen-bond acceptors (Lipinski definition) is 5. The van der Waals surface area contributed by atoms with E-state index in [-0.39, 0.29) is 12.1 Å². The van der Waals surface area contributed by atoms with E-state index >= 15 is 0 Å². The monoisotopic (exact) mass is 271 g/mol. The highest BCUT2D eigenvalue weighted by molar-refractivity contribution is 7.09. The number of aromatic nitrogens is 1. The summed E-state index contributed by atoms with van der Waals surface area (Å²) >= 11 is 1.61. The average Bonchev–Trinajstić information content (AvgIpc) is 2.66. The number of nitrogens with zero attached hydrogens (tertiary/aromatic N) is 1. The molecule has 18 heavy (non-hydrogen) atoms. The zero-order valence-corrected chi connectivity index (χ0v) is 12.1. The Morgan fingerprint density at radius 2 is 2.28 bits per heavy atom. The van der Waals surface area contributed by atoms with Crippen LogP contribution < -0.4 is 10.6 Å². The first-order valence-electron chi connectivity index (χ1n) is 5.94. The van der Waals surface area contributed by atoms with Crippen LogP contribution in [0.2, 0.25) is 0 Å². The van der Waals surface area contributed by atoms with Gasteiger partial charge in [-0.3, -0.25) is 4.98 Å². The molecule has 2 N–H and O–H groups in total. The first-order chi connectivity index (χ1) is 8.37. The molecule has 0 radical (unpaired) electrons. The van der Waals surface area contributed by atoms with Crippen LogP contribution >= 0.6 is 11.3 Å². The zero-order chi connectivity index (χ0) is 13.6. The summed E-state index contributed by atoms with van der Waals surface area (Å²) in [7, 11) is 0. The van der Waals surface area contributed by atoms with E-state index < -0.39 is 5.60 Å². The van der Waals surface area contributed by atoms with Crippen molar-refractivity contribution in [2.24, 2.45) is 0 Å². The van der Waals surface area contributed by atoms with Gasteiger partial charge in [0.05, 0.1) is 5.51 Å². The van der Waals surface area contributed by atoms with Gasteiger partial charge in [0.25, 0.3) is 0 Å². The van der Waals surface area contributed by atoms with Crippen molar-refractivity contribution in [2.45, 2.75) is 45.9 Å². The van der Waals surface area contributed by atoms with Crippen molar-refractivity contribution in [2.75, 3.05) is 6.54 Å². The van der Waals surface area contributed by atoms with Gasteiger partial charge in [-0.25, -0.2) is 4.79 Å². The normalized spacial score (nSPS) is 13.1. The number of carbonyl (C=O) groups is 1. The van der Waals surface area contributed by atoms with E-state index in [1.54, 1.807) is 16.8 Å². The summed E-state index contributed by atoms with van der Waals surface area (Å²) in [5, 5.41) is 6.04. The Bertz CT molecular complexity index is 360. The SMILES string of the molecule is CC(CNCc1cncs1)NC(=O)OC(C)(C)C. The standard InChI is InChI=1S/C12H21N3O2S/c1-9(15-11(16)17-12(2,3)4)5-13-6-10-7-14-8-18-10/h7-9,13H,5-6H2,1-4H3,(H,15,16). The summed E-state index contributed by atoms with van der Waals surface area (Å²) in [5.74, 6) is 0. The fourth-order valence-corrected chi connectivity index (χ4v) is 1.87. The molecule has 0 fully saturated rings. The Kier molecular flexibility index (Phi) is 5.55. The predicted molar refractivity (Wildman–Crippen MR) is 72.7 cm³/mol. The molecule has 1 heterocycles. The van der Waals surface area contributed by atoms with Gasteiger partial charge in [0.15, 0.2) is 0 Å². The molecular weight excluding hydrogens is 250 g/mol. The topological polar surface area (TPSA) is 63.2 Å². The minimum absolute atomic E-state index is 0.0211. The molecule has 102 valence electrons. The minimum atomic E-state index is -0.458. The van der Waals surface area contributed by atoms with Gasteiger partial charge in [-0.2, -0.15) is 0 Å². The van der Waals surface area contributed by atoms with Crippen LogP contribution in [0.15, 0.2) is 11.7 Å². The highest BCUT2D eigenvalue weighted by Gasteiger charge is 2.17. The van der Waals surface area contributed by atoms with E-state index in [0.29, 0.717) is 6.54 Å². The van der Waals surface area contributed by atoms with Gasteiger partial charge in [-0.1, -0.05) is 0 Å². The number of thiazole rings is 1. The van der Waals surface area contributed by atoms with E-state index in [4.69, 9.17) is 4.74 Å². The summed E-state index contributed by atoms with van der Waals surface area (Å²) in [6.07, 6.45) is 1.46. The highest BCUT2D eigenvalue weighted by atomic mass is 32.1. The number of amides is 1. The van der Waals surface area contributed by atoms with Crippen LogP contribution in [0, 0.1) is 0 Å². The lowest BCUT2D eigenvalue weighted by Crippen LogP contribution is -2.42. The lowest BCUT2D eigenvalue weighted by Gasteiger charge is -2.22. The van der Waals surface area contributed by atoms with Crippen LogP contribution in [0.1, 0.15) is 32.6 Å². The molecule has 1 aromatic rings. The van der Waals surface area contributed by atoms with Gasteiger partial charge in [0.1, 0.15) is 5.60 Å². The fraction of sp³-hybridized carbons (Fsp3) is 0.667. The van der Waals surface area contributed by atoms with Crippen molar-refractivity contribution in [3.8, 4) is 0 Å². The molecule has 0 spiro atoms. The van der Waals surface area contributed by atoms with E-state index in [0.717, 1.165) is 6.54 Å². The highest BCUT2D eigenvalue weighted by Crippen LogP contribution is 2.07. The second-order valence-electron chi connectivity index (χ2n) is 5.15. The third-order valence-electron chi connectivity index (χ3n) is 2.00. The van der Waals surface area contributed by atoms with Gasteiger partial charge in [-0.05, 0) is 27.7 Å². The second-order valence-corrected chi connectivity index (χ2v) is 6.12. The van der Waals surface area contributed by atoms with Crippen LogP contribution in [-0.2, 0) is 11.3 Å². The molecular formula is C12H21N3O2S. The van der Waals surface area contributed by atoms with Gasteiger partial charge < -0.3 is 15.4 Å². The van der Waals surface area contributed by atoms with Crippen molar-refractivity contribution in [1.82, 2.24) is 15.6 Å². The smallest absolute Gasteiger partial charge is 0.407 e. The number of carbonyl (C=O) groups excluding carboxylic acids is 1. The zero-order valence-electron chi connectivity index (χ0n) is 11.3. The molecule has 0 bridgehead atoms. The largest absolute Gasteiger partial charge is 0.444 e. The van der Waals surface area contributed by atoms with Gasteiger partial charge in [0.2, 0.25) is 0 Å². The first kappa shape index (κ1) is 14.9. The molecule has 0 saturated heterocycles. The summed E-state index contributed by atoms with van der Waals surface area (Å²) in [5.41, 5.74) is 1.35. The number of ether oxygens (including phenoxy) is 1. The molecule has 5 nitrogen and oxygen atoms in total. The summed E-state index contributed by atoms with van der Waals surface area (Å²) in [4.78, 5) is 16.7. The molecule has 1 atom stereocenters. The maximum atomic E-state index is 11.5. The van der Waals surface area contributed by atoms with Crippen LogP contribution in [-0.4, -0.2) is 29.3 Å². The number of nitrogens with one attached hydrogen (secondary N) is 2. The van der Waals surface area contributed by atoms with Crippen molar-refractivity contribution in [1.29, 1.82) is 0 Å².